The lowest BCUT2D eigenvalue weighted by Gasteiger charge is -2.16. The van der Waals surface area contributed by atoms with Gasteiger partial charge in [-0.1, -0.05) is 11.3 Å². The molecule has 8 nitrogen and oxygen atoms in total. The highest BCUT2D eigenvalue weighted by molar-refractivity contribution is 7.16. The first-order valence-corrected chi connectivity index (χ1v) is 12.7. The van der Waals surface area contributed by atoms with Gasteiger partial charge in [-0.2, -0.15) is 5.26 Å². The summed E-state index contributed by atoms with van der Waals surface area (Å²) in [5.74, 6) is -1.64. The number of rotatable bonds is 6. The van der Waals surface area contributed by atoms with E-state index in [2.05, 4.69) is 21.4 Å². The maximum atomic E-state index is 14.0. The van der Waals surface area contributed by atoms with Crippen molar-refractivity contribution >= 4 is 28.3 Å². The molecule has 5 rings (SSSR count). The van der Waals surface area contributed by atoms with Crippen LogP contribution in [0.3, 0.4) is 0 Å². The molecule has 12 heteroatoms. The van der Waals surface area contributed by atoms with Crippen LogP contribution in [0.5, 0.6) is 5.75 Å². The maximum absolute atomic E-state index is 14.0. The zero-order valence-corrected chi connectivity index (χ0v) is 22.0. The van der Waals surface area contributed by atoms with E-state index in [1.54, 1.807) is 31.2 Å². The summed E-state index contributed by atoms with van der Waals surface area (Å²) in [6.07, 6.45) is -1.53. The number of pyridine rings is 1. The Balaban J connectivity index is 1.34. The average molecular weight is 564 g/mol. The van der Waals surface area contributed by atoms with Crippen molar-refractivity contribution in [3.05, 3.63) is 93.0 Å². The molecule has 4 aromatic rings. The molecule has 0 saturated carbocycles. The van der Waals surface area contributed by atoms with Crippen LogP contribution in [0.2, 0.25) is 0 Å². The van der Waals surface area contributed by atoms with E-state index >= 15 is 0 Å². The summed E-state index contributed by atoms with van der Waals surface area (Å²) in [5, 5.41) is 12.5. The molecule has 1 N–H and O–H groups in total. The van der Waals surface area contributed by atoms with Crippen LogP contribution < -0.4 is 10.1 Å². The van der Waals surface area contributed by atoms with E-state index in [1.165, 1.54) is 35.6 Å². The second kappa shape index (κ2) is 10.8. The van der Waals surface area contributed by atoms with Crippen LogP contribution >= 0.6 is 11.3 Å². The van der Waals surface area contributed by atoms with E-state index in [4.69, 9.17) is 4.74 Å². The third-order valence-electron chi connectivity index (χ3n) is 6.35. The standard InChI is InChI=1S/C28H20F3N5O3S/c1-14-7-18(19-8-15(10-32)3-6-23(19)39-2)20(11-33-14)26(37)35-28-34-22-12-36(13-24(22)40-28)27(38)16-4-5-17(25(30)31)21(29)9-16/h3-9,11,25H,12-13H2,1-2H3,(H,34,35,37). The number of carbonyl (C=O) groups excluding carboxylic acids is 2. The molecule has 2 aromatic heterocycles. The molecule has 2 amide bonds. The van der Waals surface area contributed by atoms with Crippen molar-refractivity contribution in [3.63, 3.8) is 0 Å². The third-order valence-corrected chi connectivity index (χ3v) is 7.35. The van der Waals surface area contributed by atoms with Crippen molar-refractivity contribution < 1.29 is 27.5 Å². The van der Waals surface area contributed by atoms with Crippen LogP contribution in [-0.4, -0.2) is 33.8 Å². The number of carbonyl (C=O) groups is 2. The number of nitrogens with zero attached hydrogens (tertiary/aromatic N) is 4. The van der Waals surface area contributed by atoms with Gasteiger partial charge in [0.15, 0.2) is 5.13 Å². The molecule has 0 unspecified atom stereocenters. The van der Waals surface area contributed by atoms with E-state index in [0.29, 0.717) is 39.0 Å². The van der Waals surface area contributed by atoms with Gasteiger partial charge in [0.2, 0.25) is 0 Å². The fourth-order valence-corrected chi connectivity index (χ4v) is 5.35. The first-order chi connectivity index (χ1) is 19.2. The first-order valence-electron chi connectivity index (χ1n) is 11.9. The molecule has 0 bridgehead atoms. The van der Waals surface area contributed by atoms with E-state index in [0.717, 1.165) is 17.0 Å². The van der Waals surface area contributed by atoms with Crippen LogP contribution in [0.25, 0.3) is 11.1 Å². The highest BCUT2D eigenvalue weighted by Gasteiger charge is 2.29. The molecule has 1 aliphatic rings. The maximum Gasteiger partial charge on any atom is 0.266 e. The number of amides is 2. The van der Waals surface area contributed by atoms with Gasteiger partial charge in [-0.15, -0.1) is 0 Å². The quantitative estimate of drug-likeness (QED) is 0.314. The largest absolute Gasteiger partial charge is 0.496 e. The number of aryl methyl sites for hydroxylation is 1. The lowest BCUT2D eigenvalue weighted by molar-refractivity contribution is 0.0749. The Hall–Kier alpha value is -4.76. The Bertz CT molecular complexity index is 1680. The van der Waals surface area contributed by atoms with Crippen molar-refractivity contribution in [2.75, 3.05) is 12.4 Å². The predicted molar refractivity (Wildman–Crippen MR) is 141 cm³/mol. The highest BCUT2D eigenvalue weighted by Crippen LogP contribution is 2.36. The van der Waals surface area contributed by atoms with Crippen molar-refractivity contribution in [1.29, 1.82) is 5.26 Å². The van der Waals surface area contributed by atoms with Crippen LogP contribution in [0.1, 0.15) is 54.5 Å². The monoisotopic (exact) mass is 563 g/mol. The molecule has 0 aliphatic carbocycles. The van der Waals surface area contributed by atoms with Crippen molar-refractivity contribution in [2.45, 2.75) is 26.4 Å². The lowest BCUT2D eigenvalue weighted by Crippen LogP contribution is -2.25. The molecule has 3 heterocycles. The van der Waals surface area contributed by atoms with Gasteiger partial charge in [0.1, 0.15) is 11.6 Å². The minimum Gasteiger partial charge on any atom is -0.496 e. The fourth-order valence-electron chi connectivity index (χ4n) is 4.37. The van der Waals surface area contributed by atoms with Gasteiger partial charge in [-0.25, -0.2) is 18.2 Å². The number of benzene rings is 2. The minimum atomic E-state index is -2.97. The van der Waals surface area contributed by atoms with Crippen LogP contribution in [0, 0.1) is 24.1 Å². The number of aromatic nitrogens is 2. The van der Waals surface area contributed by atoms with Gasteiger partial charge in [-0.05, 0) is 49.4 Å². The van der Waals surface area contributed by atoms with Crippen molar-refractivity contribution in [1.82, 2.24) is 14.9 Å². The minimum absolute atomic E-state index is 0.0409. The highest BCUT2D eigenvalue weighted by atomic mass is 32.1. The SMILES string of the molecule is COc1ccc(C#N)cc1-c1cc(C)ncc1C(=O)Nc1nc2c(s1)CN(C(=O)c1ccc(C(F)F)c(F)c1)C2. The van der Waals surface area contributed by atoms with Crippen LogP contribution in [0.4, 0.5) is 18.3 Å². The number of hydrogen-bond acceptors (Lipinski definition) is 7. The number of alkyl halides is 2. The molecule has 1 aliphatic heterocycles. The fraction of sp³-hybridized carbons (Fsp3) is 0.179. The number of hydrogen-bond donors (Lipinski definition) is 1. The van der Waals surface area contributed by atoms with E-state index in [-0.39, 0.29) is 24.2 Å². The lowest BCUT2D eigenvalue weighted by atomic mass is 9.97. The number of thiazole rings is 1. The number of methoxy groups -OCH3 is 1. The van der Waals surface area contributed by atoms with Gasteiger partial charge in [-0.3, -0.25) is 19.9 Å². The van der Waals surface area contributed by atoms with Gasteiger partial charge in [0.25, 0.3) is 18.2 Å². The van der Waals surface area contributed by atoms with Gasteiger partial charge in [0.05, 0.1) is 53.5 Å². The van der Waals surface area contributed by atoms with Crippen molar-refractivity contribution in [3.8, 4) is 22.9 Å². The van der Waals surface area contributed by atoms with E-state index in [1.807, 2.05) is 0 Å². The molecule has 40 heavy (non-hydrogen) atoms. The topological polar surface area (TPSA) is 108 Å². The van der Waals surface area contributed by atoms with Gasteiger partial charge >= 0.3 is 0 Å². The third kappa shape index (κ3) is 5.11. The molecular weight excluding hydrogens is 543 g/mol. The Morgan fingerprint density at radius 1 is 1.15 bits per heavy atom. The Morgan fingerprint density at radius 3 is 2.62 bits per heavy atom. The smallest absolute Gasteiger partial charge is 0.266 e. The Morgan fingerprint density at radius 2 is 1.95 bits per heavy atom. The zero-order chi connectivity index (χ0) is 28.6. The normalized spacial score (nSPS) is 12.3. The summed E-state index contributed by atoms with van der Waals surface area (Å²) in [7, 11) is 1.50. The number of nitriles is 1. The summed E-state index contributed by atoms with van der Waals surface area (Å²) in [5.41, 5.74) is 2.18. The van der Waals surface area contributed by atoms with Crippen LogP contribution in [0.15, 0.2) is 48.7 Å². The first kappa shape index (κ1) is 26.8. The van der Waals surface area contributed by atoms with Gasteiger partial charge < -0.3 is 9.64 Å². The molecule has 0 atom stereocenters. The number of fused-ring (bicyclic) bond motifs is 1. The summed E-state index contributed by atoms with van der Waals surface area (Å²) in [4.78, 5) is 37.0. The molecule has 0 fully saturated rings. The Kier molecular flexibility index (Phi) is 7.23. The number of halogens is 3. The number of ether oxygens (including phenoxy) is 1. The predicted octanol–water partition coefficient (Wildman–Crippen LogP) is 5.88. The molecule has 0 saturated heterocycles. The van der Waals surface area contributed by atoms with Crippen molar-refractivity contribution in [2.24, 2.45) is 0 Å². The summed E-state index contributed by atoms with van der Waals surface area (Å²) in [6.45, 7) is 2.08. The summed E-state index contributed by atoms with van der Waals surface area (Å²) >= 11 is 1.19. The van der Waals surface area contributed by atoms with E-state index < -0.39 is 29.6 Å². The number of anilines is 1. The van der Waals surface area contributed by atoms with Gasteiger partial charge in [0, 0.05) is 28.6 Å². The second-order valence-electron chi connectivity index (χ2n) is 8.94. The molecular formula is C28H20F3N5O3S. The molecule has 2 aromatic carbocycles. The number of nitrogens with one attached hydrogen (secondary N) is 1. The van der Waals surface area contributed by atoms with Crippen LogP contribution in [-0.2, 0) is 13.1 Å². The summed E-state index contributed by atoms with van der Waals surface area (Å²) < 4.78 is 45.1. The molecule has 0 radical (unpaired) electrons. The Labute approximate surface area is 230 Å². The average Bonchev–Trinajstić information content (AvgIpc) is 3.50. The zero-order valence-electron chi connectivity index (χ0n) is 21.2. The second-order valence-corrected chi connectivity index (χ2v) is 10.0. The molecule has 0 spiro atoms. The molecule has 202 valence electrons. The van der Waals surface area contributed by atoms with E-state index in [9.17, 15) is 28.0 Å². The summed E-state index contributed by atoms with van der Waals surface area (Å²) in [6, 6.07) is 11.6.